The molecule has 1 saturated heterocycles. The summed E-state index contributed by atoms with van der Waals surface area (Å²) in [5.41, 5.74) is 0.424. The van der Waals surface area contributed by atoms with Gasteiger partial charge in [0.2, 0.25) is 22.7 Å². The van der Waals surface area contributed by atoms with Crippen LogP contribution in [0.2, 0.25) is 10.0 Å². The molecule has 0 spiro atoms. The van der Waals surface area contributed by atoms with E-state index in [4.69, 9.17) is 32.7 Å². The van der Waals surface area contributed by atoms with Crippen molar-refractivity contribution >= 4 is 44.8 Å². The van der Waals surface area contributed by atoms with Gasteiger partial charge in [0.1, 0.15) is 6.04 Å². The Morgan fingerprint density at radius 1 is 1.10 bits per heavy atom. The lowest BCUT2D eigenvalue weighted by molar-refractivity contribution is -0.119. The minimum Gasteiger partial charge on any atom is -0.454 e. The number of hydrogen-bond donors (Lipinski definition) is 2. The number of fused-ring (bicyclic) bond motifs is 1. The Morgan fingerprint density at radius 2 is 1.86 bits per heavy atom. The van der Waals surface area contributed by atoms with Crippen molar-refractivity contribution in [3.05, 3.63) is 46.4 Å². The van der Waals surface area contributed by atoms with Crippen molar-refractivity contribution < 1.29 is 27.8 Å². The number of β-amino-alcohol motifs (C(OH)–C–C–N with tert-alkyl or cyclic N) is 1. The third kappa shape index (κ3) is 3.88. The first-order valence-corrected chi connectivity index (χ1v) is 10.8. The Balaban J connectivity index is 1.58. The van der Waals surface area contributed by atoms with E-state index in [1.54, 1.807) is 18.2 Å². The first-order valence-electron chi connectivity index (χ1n) is 8.61. The summed E-state index contributed by atoms with van der Waals surface area (Å²) in [5, 5.41) is 13.0. The van der Waals surface area contributed by atoms with Crippen LogP contribution in [0, 0.1) is 0 Å². The zero-order chi connectivity index (χ0) is 20.8. The molecule has 1 amide bonds. The topological polar surface area (TPSA) is 105 Å². The van der Waals surface area contributed by atoms with Crippen LogP contribution in [0.5, 0.6) is 11.5 Å². The highest BCUT2D eigenvalue weighted by atomic mass is 35.5. The van der Waals surface area contributed by atoms with Gasteiger partial charge in [-0.25, -0.2) is 8.42 Å². The Hall–Kier alpha value is -2.04. The van der Waals surface area contributed by atoms with Gasteiger partial charge >= 0.3 is 0 Å². The Morgan fingerprint density at radius 3 is 2.62 bits per heavy atom. The standard InChI is InChI=1S/C18H16Cl2N2O6S/c19-13-3-2-12(7-14(13)20)29(25,26)22-8-11(23)6-15(22)18(24)21-10-1-4-16-17(5-10)28-9-27-16/h1-5,7,11,15,23H,6,8-9H2,(H,21,24). The van der Waals surface area contributed by atoms with Crippen molar-refractivity contribution in [1.29, 1.82) is 0 Å². The number of halogens is 2. The normalized spacial score (nSPS) is 21.3. The van der Waals surface area contributed by atoms with Gasteiger partial charge in [0, 0.05) is 24.7 Å². The number of nitrogens with one attached hydrogen (secondary N) is 1. The summed E-state index contributed by atoms with van der Waals surface area (Å²) in [5.74, 6) is 0.474. The van der Waals surface area contributed by atoms with Crippen molar-refractivity contribution in [3.63, 3.8) is 0 Å². The predicted molar refractivity (Wildman–Crippen MR) is 106 cm³/mol. The molecule has 2 heterocycles. The Labute approximate surface area is 177 Å². The van der Waals surface area contributed by atoms with Crippen molar-refractivity contribution in [3.8, 4) is 11.5 Å². The van der Waals surface area contributed by atoms with Gasteiger partial charge in [0.25, 0.3) is 0 Å². The van der Waals surface area contributed by atoms with Crippen molar-refractivity contribution in [2.24, 2.45) is 0 Å². The molecule has 2 unspecified atom stereocenters. The molecule has 2 aromatic rings. The maximum absolute atomic E-state index is 13.1. The van der Waals surface area contributed by atoms with Crippen LogP contribution in [0.25, 0.3) is 0 Å². The van der Waals surface area contributed by atoms with Crippen LogP contribution in [0.3, 0.4) is 0 Å². The third-order valence-electron chi connectivity index (χ3n) is 4.67. The number of amides is 1. The van der Waals surface area contributed by atoms with Gasteiger partial charge in [0.05, 0.1) is 21.0 Å². The van der Waals surface area contributed by atoms with Gasteiger partial charge in [-0.05, 0) is 30.3 Å². The quantitative estimate of drug-likeness (QED) is 0.728. The molecule has 0 saturated carbocycles. The number of aliphatic hydroxyl groups excluding tert-OH is 1. The number of carbonyl (C=O) groups is 1. The summed E-state index contributed by atoms with van der Waals surface area (Å²) >= 11 is 11.8. The number of rotatable bonds is 4. The van der Waals surface area contributed by atoms with Gasteiger partial charge in [-0.2, -0.15) is 4.31 Å². The van der Waals surface area contributed by atoms with E-state index in [0.29, 0.717) is 17.2 Å². The lowest BCUT2D eigenvalue weighted by Crippen LogP contribution is -2.43. The fourth-order valence-electron chi connectivity index (χ4n) is 3.26. The molecule has 4 rings (SSSR count). The second kappa shape index (κ2) is 7.66. The summed E-state index contributed by atoms with van der Waals surface area (Å²) in [4.78, 5) is 12.7. The zero-order valence-electron chi connectivity index (χ0n) is 14.8. The highest BCUT2D eigenvalue weighted by Crippen LogP contribution is 2.35. The van der Waals surface area contributed by atoms with Crippen LogP contribution in [0.1, 0.15) is 6.42 Å². The van der Waals surface area contributed by atoms with Crippen molar-refractivity contribution in [2.75, 3.05) is 18.7 Å². The van der Waals surface area contributed by atoms with Gasteiger partial charge in [-0.15, -0.1) is 0 Å². The largest absolute Gasteiger partial charge is 0.454 e. The van der Waals surface area contributed by atoms with Crippen LogP contribution < -0.4 is 14.8 Å². The predicted octanol–water partition coefficient (Wildman–Crippen LogP) is 2.48. The monoisotopic (exact) mass is 458 g/mol. The van der Waals surface area contributed by atoms with Crippen LogP contribution in [-0.4, -0.2) is 49.2 Å². The van der Waals surface area contributed by atoms with E-state index >= 15 is 0 Å². The average molecular weight is 459 g/mol. The van der Waals surface area contributed by atoms with Gasteiger partial charge in [0.15, 0.2) is 11.5 Å². The fourth-order valence-corrected chi connectivity index (χ4v) is 5.29. The zero-order valence-corrected chi connectivity index (χ0v) is 17.2. The van der Waals surface area contributed by atoms with E-state index in [1.165, 1.54) is 18.2 Å². The molecule has 0 aromatic heterocycles. The number of carbonyl (C=O) groups excluding carboxylic acids is 1. The summed E-state index contributed by atoms with van der Waals surface area (Å²) in [6.45, 7) is -0.112. The van der Waals surface area contributed by atoms with E-state index in [2.05, 4.69) is 5.32 Å². The highest BCUT2D eigenvalue weighted by Gasteiger charge is 2.43. The summed E-state index contributed by atoms with van der Waals surface area (Å²) in [7, 11) is -4.08. The van der Waals surface area contributed by atoms with Gasteiger partial charge < -0.3 is 19.9 Å². The molecule has 29 heavy (non-hydrogen) atoms. The molecule has 2 N–H and O–H groups in total. The van der Waals surface area contributed by atoms with Crippen LogP contribution >= 0.6 is 23.2 Å². The van der Waals surface area contributed by atoms with Gasteiger partial charge in [-0.1, -0.05) is 23.2 Å². The minimum atomic E-state index is -4.08. The molecule has 0 radical (unpaired) electrons. The summed E-state index contributed by atoms with van der Waals surface area (Å²) < 4.78 is 37.6. The summed E-state index contributed by atoms with van der Waals surface area (Å²) in [6, 6.07) is 7.65. The molecule has 0 bridgehead atoms. The van der Waals surface area contributed by atoms with Crippen LogP contribution in [0.15, 0.2) is 41.3 Å². The maximum Gasteiger partial charge on any atom is 0.243 e. The molecule has 0 aliphatic carbocycles. The molecule has 2 aromatic carbocycles. The average Bonchev–Trinajstić information content (AvgIpc) is 3.30. The number of aliphatic hydroxyl groups is 1. The molecular weight excluding hydrogens is 443 g/mol. The lowest BCUT2D eigenvalue weighted by atomic mass is 10.2. The second-order valence-electron chi connectivity index (χ2n) is 6.61. The van der Waals surface area contributed by atoms with Crippen molar-refractivity contribution in [1.82, 2.24) is 4.31 Å². The number of sulfonamides is 1. The van der Waals surface area contributed by atoms with E-state index < -0.39 is 28.1 Å². The molecule has 8 nitrogen and oxygen atoms in total. The second-order valence-corrected chi connectivity index (χ2v) is 9.32. The van der Waals surface area contributed by atoms with Crippen molar-refractivity contribution in [2.45, 2.75) is 23.5 Å². The van der Waals surface area contributed by atoms with E-state index in [1.807, 2.05) is 0 Å². The molecule has 1 fully saturated rings. The smallest absolute Gasteiger partial charge is 0.243 e. The lowest BCUT2D eigenvalue weighted by Gasteiger charge is -2.23. The Bertz CT molecular complexity index is 1080. The molecule has 2 aliphatic heterocycles. The minimum absolute atomic E-state index is 0.0308. The highest BCUT2D eigenvalue weighted by molar-refractivity contribution is 7.89. The molecule has 2 atom stereocenters. The van der Waals surface area contributed by atoms with Gasteiger partial charge in [-0.3, -0.25) is 4.79 Å². The first kappa shape index (κ1) is 20.2. The number of nitrogens with zero attached hydrogens (tertiary/aromatic N) is 1. The van der Waals surface area contributed by atoms with E-state index in [-0.39, 0.29) is 34.7 Å². The number of benzene rings is 2. The third-order valence-corrected chi connectivity index (χ3v) is 7.28. The van der Waals surface area contributed by atoms with E-state index in [0.717, 1.165) is 4.31 Å². The number of ether oxygens (including phenoxy) is 2. The van der Waals surface area contributed by atoms with E-state index in [9.17, 15) is 18.3 Å². The first-order chi connectivity index (χ1) is 13.8. The SMILES string of the molecule is O=C(Nc1ccc2c(c1)OCO2)C1CC(O)CN1S(=O)(=O)c1ccc(Cl)c(Cl)c1. The Kier molecular flexibility index (Phi) is 5.34. The fraction of sp³-hybridized carbons (Fsp3) is 0.278. The molecule has 154 valence electrons. The molecular formula is C18H16Cl2N2O6S. The number of hydrogen-bond acceptors (Lipinski definition) is 6. The van der Waals surface area contributed by atoms with Crippen LogP contribution in [-0.2, 0) is 14.8 Å². The molecule has 2 aliphatic rings. The van der Waals surface area contributed by atoms with Crippen LogP contribution in [0.4, 0.5) is 5.69 Å². The molecule has 11 heteroatoms. The number of anilines is 1. The maximum atomic E-state index is 13.1. The summed E-state index contributed by atoms with van der Waals surface area (Å²) in [6.07, 6.45) is -1.00.